The second kappa shape index (κ2) is 6.23. The van der Waals surface area contributed by atoms with Crippen LogP contribution in [0.3, 0.4) is 0 Å². The summed E-state index contributed by atoms with van der Waals surface area (Å²) in [6.45, 7) is 3.13. The van der Waals surface area contributed by atoms with Crippen LogP contribution in [0.2, 0.25) is 0 Å². The van der Waals surface area contributed by atoms with Crippen molar-refractivity contribution in [3.63, 3.8) is 0 Å². The van der Waals surface area contributed by atoms with Crippen LogP contribution in [-0.2, 0) is 6.42 Å². The molecule has 0 heterocycles. The number of halogens is 2. The Labute approximate surface area is 99.2 Å². The van der Waals surface area contributed by atoms with E-state index in [-0.39, 0.29) is 5.82 Å². The van der Waals surface area contributed by atoms with Gasteiger partial charge in [-0.1, -0.05) is 25.5 Å². The van der Waals surface area contributed by atoms with Crippen LogP contribution in [0.4, 0.5) is 4.39 Å². The molecule has 0 aromatic heterocycles. The van der Waals surface area contributed by atoms with Crippen molar-refractivity contribution in [2.45, 2.75) is 19.8 Å². The third kappa shape index (κ3) is 3.58. The largest absolute Gasteiger partial charge is 0.319 e. The molecule has 0 amide bonds. The van der Waals surface area contributed by atoms with Crippen LogP contribution in [0.25, 0.3) is 0 Å². The van der Waals surface area contributed by atoms with Crippen LogP contribution in [0.1, 0.15) is 18.9 Å². The van der Waals surface area contributed by atoms with Gasteiger partial charge in [-0.3, -0.25) is 0 Å². The van der Waals surface area contributed by atoms with E-state index in [0.29, 0.717) is 10.4 Å². The van der Waals surface area contributed by atoms with Crippen LogP contribution < -0.4 is 5.32 Å². The summed E-state index contributed by atoms with van der Waals surface area (Å²) in [5, 5.41) is 3.16. The average Bonchev–Trinajstić information content (AvgIpc) is 2.24. The van der Waals surface area contributed by atoms with Crippen LogP contribution in [0, 0.1) is 11.7 Å². The minimum atomic E-state index is -0.174. The van der Waals surface area contributed by atoms with E-state index in [4.69, 9.17) is 0 Å². The van der Waals surface area contributed by atoms with E-state index in [9.17, 15) is 4.39 Å². The average molecular weight is 274 g/mol. The molecule has 0 bridgehead atoms. The lowest BCUT2D eigenvalue weighted by Crippen LogP contribution is -2.20. The molecular formula is C12H17BrFN. The molecule has 3 heteroatoms. The number of benzene rings is 1. The SMILES string of the molecule is CCC(CNC)Cc1cccc(F)c1Br. The second-order valence-electron chi connectivity index (χ2n) is 3.75. The molecule has 1 N–H and O–H groups in total. The monoisotopic (exact) mass is 273 g/mol. The van der Waals surface area contributed by atoms with E-state index in [1.807, 2.05) is 13.1 Å². The lowest BCUT2D eigenvalue weighted by Gasteiger charge is -2.15. The Morgan fingerprint density at radius 1 is 1.47 bits per heavy atom. The lowest BCUT2D eigenvalue weighted by molar-refractivity contribution is 0.478. The van der Waals surface area contributed by atoms with Crippen molar-refractivity contribution < 1.29 is 4.39 Å². The highest BCUT2D eigenvalue weighted by atomic mass is 79.9. The summed E-state index contributed by atoms with van der Waals surface area (Å²) in [5.74, 6) is 0.389. The fourth-order valence-electron chi connectivity index (χ4n) is 1.67. The summed E-state index contributed by atoms with van der Waals surface area (Å²) in [5.41, 5.74) is 1.05. The van der Waals surface area contributed by atoms with Gasteiger partial charge < -0.3 is 5.32 Å². The van der Waals surface area contributed by atoms with Gasteiger partial charge in [0.15, 0.2) is 0 Å². The quantitative estimate of drug-likeness (QED) is 0.868. The first-order valence-electron chi connectivity index (χ1n) is 5.26. The highest BCUT2D eigenvalue weighted by molar-refractivity contribution is 9.10. The smallest absolute Gasteiger partial charge is 0.137 e. The molecule has 0 aliphatic rings. The molecule has 0 saturated carbocycles. The van der Waals surface area contributed by atoms with Crippen LogP contribution in [0.15, 0.2) is 22.7 Å². The normalized spacial score (nSPS) is 12.8. The van der Waals surface area contributed by atoms with Gasteiger partial charge in [0, 0.05) is 0 Å². The van der Waals surface area contributed by atoms with E-state index >= 15 is 0 Å². The zero-order valence-corrected chi connectivity index (χ0v) is 10.8. The molecule has 0 aliphatic carbocycles. The molecular weight excluding hydrogens is 257 g/mol. The maximum absolute atomic E-state index is 13.3. The second-order valence-corrected chi connectivity index (χ2v) is 4.54. The summed E-state index contributed by atoms with van der Waals surface area (Å²) >= 11 is 3.29. The number of rotatable bonds is 5. The van der Waals surface area contributed by atoms with Crippen molar-refractivity contribution in [1.82, 2.24) is 5.32 Å². The molecule has 1 unspecified atom stereocenters. The van der Waals surface area contributed by atoms with Crippen molar-refractivity contribution in [2.75, 3.05) is 13.6 Å². The molecule has 1 rings (SSSR count). The first-order chi connectivity index (χ1) is 7.19. The minimum absolute atomic E-state index is 0.174. The maximum atomic E-state index is 13.3. The molecule has 1 aromatic carbocycles. The molecule has 1 aromatic rings. The van der Waals surface area contributed by atoms with Gasteiger partial charge in [-0.15, -0.1) is 0 Å². The van der Waals surface area contributed by atoms with Crippen molar-refractivity contribution >= 4 is 15.9 Å². The Morgan fingerprint density at radius 3 is 2.80 bits per heavy atom. The van der Waals surface area contributed by atoms with E-state index in [1.165, 1.54) is 6.07 Å². The molecule has 15 heavy (non-hydrogen) atoms. The fourth-order valence-corrected chi connectivity index (χ4v) is 2.09. The van der Waals surface area contributed by atoms with Crippen molar-refractivity contribution in [1.29, 1.82) is 0 Å². The van der Waals surface area contributed by atoms with Crippen LogP contribution >= 0.6 is 15.9 Å². The van der Waals surface area contributed by atoms with Crippen molar-refractivity contribution in [3.05, 3.63) is 34.1 Å². The van der Waals surface area contributed by atoms with Gasteiger partial charge in [0.05, 0.1) is 4.47 Å². The van der Waals surface area contributed by atoms with Gasteiger partial charge in [-0.2, -0.15) is 0 Å². The first-order valence-corrected chi connectivity index (χ1v) is 6.05. The first kappa shape index (κ1) is 12.7. The van der Waals surface area contributed by atoms with Crippen LogP contribution in [0.5, 0.6) is 0 Å². The Kier molecular flexibility index (Phi) is 5.26. The maximum Gasteiger partial charge on any atom is 0.137 e. The zero-order chi connectivity index (χ0) is 11.3. The summed E-state index contributed by atoms with van der Waals surface area (Å²) in [4.78, 5) is 0. The molecule has 84 valence electrons. The van der Waals surface area contributed by atoms with Crippen LogP contribution in [-0.4, -0.2) is 13.6 Å². The van der Waals surface area contributed by atoms with Gasteiger partial charge in [0.2, 0.25) is 0 Å². The predicted octanol–water partition coefficient (Wildman–Crippen LogP) is 3.38. The van der Waals surface area contributed by atoms with Gasteiger partial charge >= 0.3 is 0 Å². The Hall–Kier alpha value is -0.410. The third-order valence-corrected chi connectivity index (χ3v) is 3.50. The highest BCUT2D eigenvalue weighted by Crippen LogP contribution is 2.23. The van der Waals surface area contributed by atoms with Gasteiger partial charge in [0.1, 0.15) is 5.82 Å². The molecule has 0 spiro atoms. The van der Waals surface area contributed by atoms with E-state index < -0.39 is 0 Å². The van der Waals surface area contributed by atoms with Crippen molar-refractivity contribution in [2.24, 2.45) is 5.92 Å². The molecule has 0 fully saturated rings. The number of hydrogen-bond donors (Lipinski definition) is 1. The molecule has 0 radical (unpaired) electrons. The molecule has 0 aliphatic heterocycles. The zero-order valence-electron chi connectivity index (χ0n) is 9.19. The fraction of sp³-hybridized carbons (Fsp3) is 0.500. The topological polar surface area (TPSA) is 12.0 Å². The third-order valence-electron chi connectivity index (χ3n) is 2.61. The Morgan fingerprint density at radius 2 is 2.20 bits per heavy atom. The van der Waals surface area contributed by atoms with Gasteiger partial charge in [-0.25, -0.2) is 4.39 Å². The summed E-state index contributed by atoms with van der Waals surface area (Å²) in [6, 6.07) is 5.22. The molecule has 1 nitrogen and oxygen atoms in total. The Balaban J connectivity index is 2.74. The minimum Gasteiger partial charge on any atom is -0.319 e. The van der Waals surface area contributed by atoms with E-state index in [0.717, 1.165) is 24.9 Å². The Bertz CT molecular complexity index is 314. The summed E-state index contributed by atoms with van der Waals surface area (Å²) < 4.78 is 13.9. The van der Waals surface area contributed by atoms with E-state index in [2.05, 4.69) is 28.2 Å². The number of nitrogens with one attached hydrogen (secondary N) is 1. The van der Waals surface area contributed by atoms with E-state index in [1.54, 1.807) is 6.07 Å². The number of hydrogen-bond acceptors (Lipinski definition) is 1. The molecule has 1 atom stereocenters. The van der Waals surface area contributed by atoms with Crippen molar-refractivity contribution in [3.8, 4) is 0 Å². The predicted molar refractivity (Wildman–Crippen MR) is 65.5 cm³/mol. The lowest BCUT2D eigenvalue weighted by atomic mass is 9.97. The highest BCUT2D eigenvalue weighted by Gasteiger charge is 2.10. The van der Waals surface area contributed by atoms with Gasteiger partial charge in [0.25, 0.3) is 0 Å². The summed E-state index contributed by atoms with van der Waals surface area (Å²) in [6.07, 6.45) is 2.01. The summed E-state index contributed by atoms with van der Waals surface area (Å²) in [7, 11) is 1.95. The van der Waals surface area contributed by atoms with Gasteiger partial charge in [-0.05, 0) is 53.5 Å². The molecule has 0 saturated heterocycles. The standard InChI is InChI=1S/C12H17BrFN/c1-3-9(8-15-2)7-10-5-4-6-11(14)12(10)13/h4-6,9,15H,3,7-8H2,1-2H3.